The fraction of sp³-hybridized carbons (Fsp3) is 0.588. The molecule has 0 saturated heterocycles. The van der Waals surface area contributed by atoms with Crippen molar-refractivity contribution < 1.29 is 9.53 Å². The second-order valence-corrected chi connectivity index (χ2v) is 5.94. The first-order valence-corrected chi connectivity index (χ1v) is 7.50. The lowest BCUT2D eigenvalue weighted by molar-refractivity contribution is -0.162. The molecule has 2 fully saturated rings. The molecule has 0 amide bonds. The van der Waals surface area contributed by atoms with Gasteiger partial charge in [0.15, 0.2) is 0 Å². The summed E-state index contributed by atoms with van der Waals surface area (Å²) in [5.41, 5.74) is 1.30. The molecular weight excluding hydrogens is 236 g/mol. The SMILES string of the molecule is O=C1CC(OCCCc2ccccc2)C12CCCC2. The van der Waals surface area contributed by atoms with Crippen molar-refractivity contribution in [2.45, 2.75) is 51.0 Å². The third-order valence-corrected chi connectivity index (χ3v) is 4.81. The highest BCUT2D eigenvalue weighted by Crippen LogP contribution is 2.51. The number of hydrogen-bond acceptors (Lipinski definition) is 2. The van der Waals surface area contributed by atoms with Gasteiger partial charge in [-0.1, -0.05) is 43.2 Å². The third-order valence-electron chi connectivity index (χ3n) is 4.81. The Balaban J connectivity index is 1.42. The minimum Gasteiger partial charge on any atom is -0.377 e. The molecule has 2 saturated carbocycles. The lowest BCUT2D eigenvalue weighted by Crippen LogP contribution is -2.53. The maximum Gasteiger partial charge on any atom is 0.144 e. The predicted octanol–water partition coefficient (Wildman–Crippen LogP) is 3.54. The number of hydrogen-bond donors (Lipinski definition) is 0. The quantitative estimate of drug-likeness (QED) is 0.755. The van der Waals surface area contributed by atoms with Gasteiger partial charge in [-0.05, 0) is 31.2 Å². The first kappa shape index (κ1) is 12.9. The topological polar surface area (TPSA) is 26.3 Å². The first-order valence-electron chi connectivity index (χ1n) is 7.50. The van der Waals surface area contributed by atoms with Gasteiger partial charge in [0.1, 0.15) is 5.78 Å². The van der Waals surface area contributed by atoms with Crippen LogP contribution in [0.4, 0.5) is 0 Å². The van der Waals surface area contributed by atoms with E-state index in [1.54, 1.807) is 0 Å². The number of rotatable bonds is 5. The van der Waals surface area contributed by atoms with Crippen molar-refractivity contribution in [1.29, 1.82) is 0 Å². The zero-order valence-corrected chi connectivity index (χ0v) is 11.4. The minimum absolute atomic E-state index is 0.0628. The van der Waals surface area contributed by atoms with E-state index in [0.717, 1.165) is 32.3 Å². The van der Waals surface area contributed by atoms with E-state index < -0.39 is 0 Å². The van der Waals surface area contributed by atoms with Crippen molar-refractivity contribution >= 4 is 5.78 Å². The van der Waals surface area contributed by atoms with E-state index in [2.05, 4.69) is 24.3 Å². The zero-order valence-electron chi connectivity index (χ0n) is 11.4. The molecule has 0 aromatic heterocycles. The van der Waals surface area contributed by atoms with Crippen molar-refractivity contribution in [3.8, 4) is 0 Å². The fourth-order valence-corrected chi connectivity index (χ4v) is 3.59. The summed E-state index contributed by atoms with van der Waals surface area (Å²) in [5, 5.41) is 0. The summed E-state index contributed by atoms with van der Waals surface area (Å²) >= 11 is 0. The van der Waals surface area contributed by atoms with Crippen LogP contribution in [0.5, 0.6) is 0 Å². The number of carbonyl (C=O) groups is 1. The van der Waals surface area contributed by atoms with Gasteiger partial charge < -0.3 is 4.74 Å². The maximum absolute atomic E-state index is 11.8. The van der Waals surface area contributed by atoms with Crippen LogP contribution in [0.25, 0.3) is 0 Å². The number of ether oxygens (including phenoxy) is 1. The molecule has 2 nitrogen and oxygen atoms in total. The summed E-state index contributed by atoms with van der Waals surface area (Å²) in [6.45, 7) is 0.786. The van der Waals surface area contributed by atoms with Gasteiger partial charge in [0.05, 0.1) is 11.5 Å². The Morgan fingerprint density at radius 3 is 2.58 bits per heavy atom. The van der Waals surface area contributed by atoms with Crippen molar-refractivity contribution in [1.82, 2.24) is 0 Å². The lowest BCUT2D eigenvalue weighted by Gasteiger charge is -2.44. The Morgan fingerprint density at radius 2 is 1.89 bits per heavy atom. The summed E-state index contributed by atoms with van der Waals surface area (Å²) < 4.78 is 5.99. The summed E-state index contributed by atoms with van der Waals surface area (Å²) in [6.07, 6.45) is 7.53. The van der Waals surface area contributed by atoms with Gasteiger partial charge in [-0.25, -0.2) is 0 Å². The van der Waals surface area contributed by atoms with E-state index in [4.69, 9.17) is 4.74 Å². The fourth-order valence-electron chi connectivity index (χ4n) is 3.59. The molecule has 1 atom stereocenters. The van der Waals surface area contributed by atoms with Gasteiger partial charge in [-0.3, -0.25) is 4.79 Å². The highest BCUT2D eigenvalue weighted by Gasteiger charge is 2.56. The van der Waals surface area contributed by atoms with Crippen LogP contribution in [-0.2, 0) is 16.0 Å². The van der Waals surface area contributed by atoms with Crippen LogP contribution in [0.15, 0.2) is 30.3 Å². The monoisotopic (exact) mass is 258 g/mol. The van der Waals surface area contributed by atoms with Crippen molar-refractivity contribution in [2.24, 2.45) is 5.41 Å². The molecule has 0 aliphatic heterocycles. The van der Waals surface area contributed by atoms with E-state index in [1.807, 2.05) is 6.07 Å². The number of ketones is 1. The van der Waals surface area contributed by atoms with E-state index >= 15 is 0 Å². The third kappa shape index (κ3) is 2.46. The van der Waals surface area contributed by atoms with Crippen molar-refractivity contribution in [2.75, 3.05) is 6.61 Å². The van der Waals surface area contributed by atoms with E-state index in [9.17, 15) is 4.79 Å². The normalized spacial score (nSPS) is 24.6. The smallest absolute Gasteiger partial charge is 0.144 e. The molecule has 1 aromatic rings. The molecule has 2 heteroatoms. The standard InChI is InChI=1S/C17H22O2/c18-15-13-16(17(15)10-4-5-11-17)19-12-6-9-14-7-2-1-3-8-14/h1-3,7-8,16H,4-6,9-13H2. The van der Waals surface area contributed by atoms with Crippen LogP contribution in [0.2, 0.25) is 0 Å². The minimum atomic E-state index is -0.0628. The summed E-state index contributed by atoms with van der Waals surface area (Å²) in [6, 6.07) is 10.5. The molecule has 2 aliphatic carbocycles. The Bertz CT molecular complexity index is 432. The number of Topliss-reactive ketones (excluding diaryl/α,β-unsaturated/α-hetero) is 1. The molecule has 0 N–H and O–H groups in total. The lowest BCUT2D eigenvalue weighted by atomic mass is 9.63. The molecule has 0 heterocycles. The van der Waals surface area contributed by atoms with Crippen LogP contribution in [-0.4, -0.2) is 18.5 Å². The number of aryl methyl sites for hydroxylation is 1. The van der Waals surface area contributed by atoms with Gasteiger partial charge in [-0.2, -0.15) is 0 Å². The number of benzene rings is 1. The molecular formula is C17H22O2. The second kappa shape index (κ2) is 5.46. The Hall–Kier alpha value is -1.15. The average molecular weight is 258 g/mol. The number of carbonyl (C=O) groups excluding carboxylic acids is 1. The maximum atomic E-state index is 11.8. The molecule has 3 rings (SSSR count). The van der Waals surface area contributed by atoms with Crippen LogP contribution in [0.3, 0.4) is 0 Å². The Labute approximate surface area is 115 Å². The molecule has 2 aliphatic rings. The van der Waals surface area contributed by atoms with Gasteiger partial charge in [-0.15, -0.1) is 0 Å². The van der Waals surface area contributed by atoms with Crippen LogP contribution in [0.1, 0.15) is 44.1 Å². The molecule has 102 valence electrons. The molecule has 0 bridgehead atoms. The molecule has 19 heavy (non-hydrogen) atoms. The second-order valence-electron chi connectivity index (χ2n) is 5.94. The highest BCUT2D eigenvalue weighted by atomic mass is 16.5. The molecule has 1 spiro atoms. The Kier molecular flexibility index (Phi) is 3.69. The summed E-state index contributed by atoms with van der Waals surface area (Å²) in [5.74, 6) is 0.457. The van der Waals surface area contributed by atoms with Crippen LogP contribution < -0.4 is 0 Å². The average Bonchev–Trinajstić information content (AvgIpc) is 2.96. The summed E-state index contributed by atoms with van der Waals surface area (Å²) in [7, 11) is 0. The first-order chi connectivity index (χ1) is 9.31. The molecule has 1 unspecified atom stereocenters. The van der Waals surface area contributed by atoms with Gasteiger partial charge in [0, 0.05) is 13.0 Å². The van der Waals surface area contributed by atoms with E-state index in [1.165, 1.54) is 18.4 Å². The van der Waals surface area contributed by atoms with Gasteiger partial charge in [0.2, 0.25) is 0 Å². The van der Waals surface area contributed by atoms with Gasteiger partial charge in [0.25, 0.3) is 0 Å². The largest absolute Gasteiger partial charge is 0.377 e. The highest BCUT2D eigenvalue weighted by molar-refractivity contribution is 5.92. The van der Waals surface area contributed by atoms with Crippen LogP contribution >= 0.6 is 0 Å². The zero-order chi connectivity index (χ0) is 13.1. The van der Waals surface area contributed by atoms with Gasteiger partial charge >= 0.3 is 0 Å². The predicted molar refractivity (Wildman–Crippen MR) is 75.0 cm³/mol. The molecule has 1 aromatic carbocycles. The molecule has 0 radical (unpaired) electrons. The van der Waals surface area contributed by atoms with Crippen LogP contribution in [0, 0.1) is 5.41 Å². The Morgan fingerprint density at radius 1 is 1.16 bits per heavy atom. The van der Waals surface area contributed by atoms with E-state index in [-0.39, 0.29) is 11.5 Å². The van der Waals surface area contributed by atoms with Crippen molar-refractivity contribution in [3.63, 3.8) is 0 Å². The summed E-state index contributed by atoms with van der Waals surface area (Å²) in [4.78, 5) is 11.8. The van der Waals surface area contributed by atoms with Crippen molar-refractivity contribution in [3.05, 3.63) is 35.9 Å². The van der Waals surface area contributed by atoms with E-state index in [0.29, 0.717) is 12.2 Å².